The fourth-order valence-corrected chi connectivity index (χ4v) is 1.71. The van der Waals surface area contributed by atoms with Crippen molar-refractivity contribution in [2.75, 3.05) is 12.4 Å². The maximum absolute atomic E-state index is 13.6. The molecule has 0 unspecified atom stereocenters. The summed E-state index contributed by atoms with van der Waals surface area (Å²) in [5.74, 6) is -1.48. The molecule has 1 amide bonds. The molecule has 0 saturated heterocycles. The van der Waals surface area contributed by atoms with Crippen LogP contribution in [0.2, 0.25) is 0 Å². The largest absolute Gasteiger partial charge is 0.465 e. The summed E-state index contributed by atoms with van der Waals surface area (Å²) in [4.78, 5) is 23.2. The first-order valence-corrected chi connectivity index (χ1v) is 6.29. The van der Waals surface area contributed by atoms with Crippen LogP contribution in [0.1, 0.15) is 30.6 Å². The number of esters is 1. The van der Waals surface area contributed by atoms with Gasteiger partial charge in [0.15, 0.2) is 0 Å². The van der Waals surface area contributed by atoms with Crippen LogP contribution in [0.25, 0.3) is 0 Å². The number of nitrogens with two attached hydrogens (primary N) is 1. The van der Waals surface area contributed by atoms with Gasteiger partial charge in [0.25, 0.3) is 0 Å². The lowest BCUT2D eigenvalue weighted by Crippen LogP contribution is -2.36. The Bertz CT molecular complexity index is 509. The number of ether oxygens (including phenoxy) is 1. The van der Waals surface area contributed by atoms with Crippen molar-refractivity contribution in [3.05, 3.63) is 29.6 Å². The van der Waals surface area contributed by atoms with Gasteiger partial charge in [0.05, 0.1) is 24.4 Å². The summed E-state index contributed by atoms with van der Waals surface area (Å²) in [5.41, 5.74) is 5.78. The first kappa shape index (κ1) is 19.3. The van der Waals surface area contributed by atoms with Crippen molar-refractivity contribution in [3.8, 4) is 0 Å². The van der Waals surface area contributed by atoms with Gasteiger partial charge in [-0.05, 0) is 30.5 Å². The SMILES string of the molecule is COC(=O)c1ccc(F)c(NC(=O)[C@@H](N)CC(C)C)c1.Cl. The van der Waals surface area contributed by atoms with E-state index in [0.717, 1.165) is 6.07 Å². The van der Waals surface area contributed by atoms with E-state index in [9.17, 15) is 14.0 Å². The highest BCUT2D eigenvalue weighted by atomic mass is 35.5. The fourth-order valence-electron chi connectivity index (χ4n) is 1.71. The van der Waals surface area contributed by atoms with Crippen LogP contribution in [0.5, 0.6) is 0 Å². The molecule has 0 aliphatic heterocycles. The van der Waals surface area contributed by atoms with Crippen LogP contribution in [0, 0.1) is 11.7 Å². The van der Waals surface area contributed by atoms with Gasteiger partial charge in [-0.15, -0.1) is 12.4 Å². The Hall–Kier alpha value is -1.66. The van der Waals surface area contributed by atoms with Gasteiger partial charge in [-0.3, -0.25) is 4.79 Å². The predicted octanol–water partition coefficient (Wildman–Crippen LogP) is 2.35. The summed E-state index contributed by atoms with van der Waals surface area (Å²) in [6, 6.07) is 2.87. The Kier molecular flexibility index (Phi) is 7.91. The third-order valence-electron chi connectivity index (χ3n) is 2.71. The topological polar surface area (TPSA) is 81.4 Å². The molecule has 1 aromatic carbocycles. The van der Waals surface area contributed by atoms with Crippen molar-refractivity contribution in [2.24, 2.45) is 11.7 Å². The second-order valence-corrected chi connectivity index (χ2v) is 4.91. The molecule has 21 heavy (non-hydrogen) atoms. The number of amides is 1. The van der Waals surface area contributed by atoms with Crippen molar-refractivity contribution in [2.45, 2.75) is 26.3 Å². The average molecular weight is 319 g/mol. The number of hydrogen-bond donors (Lipinski definition) is 2. The number of benzene rings is 1. The Morgan fingerprint density at radius 3 is 2.52 bits per heavy atom. The minimum absolute atomic E-state index is 0. The zero-order valence-electron chi connectivity index (χ0n) is 12.2. The zero-order valence-corrected chi connectivity index (χ0v) is 13.0. The lowest BCUT2D eigenvalue weighted by atomic mass is 10.0. The Balaban J connectivity index is 0.00000400. The highest BCUT2D eigenvalue weighted by Crippen LogP contribution is 2.17. The molecule has 1 rings (SSSR count). The quantitative estimate of drug-likeness (QED) is 0.816. The highest BCUT2D eigenvalue weighted by molar-refractivity contribution is 5.97. The number of carbonyl (C=O) groups excluding carboxylic acids is 2. The van der Waals surface area contributed by atoms with Crippen LogP contribution in [-0.2, 0) is 9.53 Å². The molecule has 0 saturated carbocycles. The van der Waals surface area contributed by atoms with E-state index in [0.29, 0.717) is 6.42 Å². The van der Waals surface area contributed by atoms with E-state index in [1.54, 1.807) is 0 Å². The molecule has 0 fully saturated rings. The van der Waals surface area contributed by atoms with Gasteiger partial charge in [-0.2, -0.15) is 0 Å². The van der Waals surface area contributed by atoms with E-state index in [2.05, 4.69) is 10.1 Å². The number of anilines is 1. The van der Waals surface area contributed by atoms with Crippen molar-refractivity contribution < 1.29 is 18.7 Å². The smallest absolute Gasteiger partial charge is 0.337 e. The number of nitrogens with one attached hydrogen (secondary N) is 1. The van der Waals surface area contributed by atoms with Gasteiger partial charge in [0.2, 0.25) is 5.91 Å². The average Bonchev–Trinajstić information content (AvgIpc) is 2.39. The summed E-state index contributed by atoms with van der Waals surface area (Å²) in [5, 5.41) is 2.39. The molecule has 0 radical (unpaired) electrons. The van der Waals surface area contributed by atoms with Crippen LogP contribution in [0.3, 0.4) is 0 Å². The van der Waals surface area contributed by atoms with Crippen LogP contribution < -0.4 is 11.1 Å². The van der Waals surface area contributed by atoms with E-state index in [-0.39, 0.29) is 29.6 Å². The molecule has 0 aliphatic rings. The van der Waals surface area contributed by atoms with Gasteiger partial charge in [0.1, 0.15) is 5.82 Å². The molecular weight excluding hydrogens is 299 g/mol. The predicted molar refractivity (Wildman–Crippen MR) is 81.0 cm³/mol. The molecule has 1 aromatic rings. The maximum atomic E-state index is 13.6. The second-order valence-electron chi connectivity index (χ2n) is 4.91. The van der Waals surface area contributed by atoms with E-state index in [1.165, 1.54) is 19.2 Å². The van der Waals surface area contributed by atoms with Crippen LogP contribution in [-0.4, -0.2) is 25.0 Å². The summed E-state index contributed by atoms with van der Waals surface area (Å²) in [6.45, 7) is 3.87. The number of methoxy groups -OCH3 is 1. The molecule has 0 spiro atoms. The molecule has 0 heterocycles. The van der Waals surface area contributed by atoms with Crippen molar-refractivity contribution in [1.29, 1.82) is 0 Å². The van der Waals surface area contributed by atoms with E-state index >= 15 is 0 Å². The molecule has 3 N–H and O–H groups in total. The summed E-state index contributed by atoms with van der Waals surface area (Å²) in [7, 11) is 1.22. The van der Waals surface area contributed by atoms with Gasteiger partial charge in [-0.1, -0.05) is 13.8 Å². The minimum Gasteiger partial charge on any atom is -0.465 e. The number of hydrogen-bond acceptors (Lipinski definition) is 4. The third kappa shape index (κ3) is 5.69. The normalized spacial score (nSPS) is 11.5. The first-order valence-electron chi connectivity index (χ1n) is 6.29. The number of halogens is 2. The summed E-state index contributed by atoms with van der Waals surface area (Å²) in [6.07, 6.45) is 0.490. The van der Waals surface area contributed by atoms with Gasteiger partial charge >= 0.3 is 5.97 Å². The minimum atomic E-state index is -0.726. The Morgan fingerprint density at radius 2 is 2.00 bits per heavy atom. The fraction of sp³-hybridized carbons (Fsp3) is 0.429. The Labute approximate surface area is 129 Å². The van der Waals surface area contributed by atoms with E-state index < -0.39 is 23.7 Å². The lowest BCUT2D eigenvalue weighted by molar-refractivity contribution is -0.117. The van der Waals surface area contributed by atoms with Gasteiger partial charge in [-0.25, -0.2) is 9.18 Å². The van der Waals surface area contributed by atoms with Crippen molar-refractivity contribution in [1.82, 2.24) is 0 Å². The van der Waals surface area contributed by atoms with Crippen molar-refractivity contribution in [3.63, 3.8) is 0 Å². The standard InChI is InChI=1S/C14H19FN2O3.ClH/c1-8(2)6-11(16)13(18)17-12-7-9(14(19)20-3)4-5-10(12)15;/h4-5,7-8,11H,6,16H2,1-3H3,(H,17,18);1H/t11-;/m0./s1. The maximum Gasteiger partial charge on any atom is 0.337 e. The van der Waals surface area contributed by atoms with E-state index in [4.69, 9.17) is 5.73 Å². The second kappa shape index (κ2) is 8.59. The molecule has 0 bridgehead atoms. The molecule has 0 aliphatic carbocycles. The molecular formula is C14H20ClFN2O3. The molecule has 5 nitrogen and oxygen atoms in total. The molecule has 7 heteroatoms. The molecule has 1 atom stereocenters. The van der Waals surface area contributed by atoms with Gasteiger partial charge in [0, 0.05) is 0 Å². The van der Waals surface area contributed by atoms with E-state index in [1.807, 2.05) is 13.8 Å². The zero-order chi connectivity index (χ0) is 15.3. The Morgan fingerprint density at radius 1 is 1.38 bits per heavy atom. The number of rotatable bonds is 5. The van der Waals surface area contributed by atoms with Gasteiger partial charge < -0.3 is 15.8 Å². The molecule has 118 valence electrons. The van der Waals surface area contributed by atoms with Crippen LogP contribution in [0.15, 0.2) is 18.2 Å². The summed E-state index contributed by atoms with van der Waals surface area (Å²) >= 11 is 0. The first-order chi connectivity index (χ1) is 9.35. The third-order valence-corrected chi connectivity index (χ3v) is 2.71. The lowest BCUT2D eigenvalue weighted by Gasteiger charge is -2.15. The van der Waals surface area contributed by atoms with Crippen LogP contribution >= 0.6 is 12.4 Å². The summed E-state index contributed by atoms with van der Waals surface area (Å²) < 4.78 is 18.2. The highest BCUT2D eigenvalue weighted by Gasteiger charge is 2.17. The van der Waals surface area contributed by atoms with Crippen LogP contribution in [0.4, 0.5) is 10.1 Å². The monoisotopic (exact) mass is 318 g/mol. The number of carbonyl (C=O) groups is 2. The molecule has 0 aromatic heterocycles. The van der Waals surface area contributed by atoms with Crippen molar-refractivity contribution >= 4 is 30.0 Å².